The minimum Gasteiger partial charge on any atom is -0.361 e. The molecule has 3 nitrogen and oxygen atoms in total. The number of hydrogen-bond donors (Lipinski definition) is 0. The molecule has 88 valence electrons. The Labute approximate surface area is 109 Å². The molecule has 1 heterocycles. The molecule has 1 aliphatic carbocycles. The first-order valence-corrected chi connectivity index (χ1v) is 6.54. The molecule has 0 amide bonds. The molecular weight excluding hydrogens is 242 g/mol. The molecule has 1 aromatic carbocycles. The van der Waals surface area contributed by atoms with Gasteiger partial charge in [-0.25, -0.2) is 4.98 Å². The molecule has 0 unspecified atom stereocenters. The van der Waals surface area contributed by atoms with Crippen molar-refractivity contribution in [1.29, 1.82) is 0 Å². The minimum atomic E-state index is 0.650. The van der Waals surface area contributed by atoms with Crippen molar-refractivity contribution in [3.05, 3.63) is 52.5 Å². The molecule has 3 rings (SSSR count). The highest BCUT2D eigenvalue weighted by molar-refractivity contribution is 7.19. The largest absolute Gasteiger partial charge is 0.361 e. The van der Waals surface area contributed by atoms with Crippen LogP contribution in [0.5, 0.6) is 0 Å². The summed E-state index contributed by atoms with van der Waals surface area (Å²) in [6.45, 7) is 2.09. The fraction of sp³-hybridized carbons (Fsp3) is 0.143. The Morgan fingerprint density at radius 2 is 2.22 bits per heavy atom. The molecule has 0 aliphatic heterocycles. The van der Waals surface area contributed by atoms with Gasteiger partial charge >= 0.3 is 0 Å². The van der Waals surface area contributed by atoms with Gasteiger partial charge in [-0.15, -0.1) is 11.3 Å². The molecule has 0 saturated heterocycles. The number of hydrogen-bond acceptors (Lipinski definition) is 2. The van der Waals surface area contributed by atoms with Crippen molar-refractivity contribution in [2.75, 3.05) is 0 Å². The average molecular weight is 253 g/mol. The van der Waals surface area contributed by atoms with Crippen molar-refractivity contribution in [1.82, 2.24) is 4.98 Å². The molecule has 0 radical (unpaired) electrons. The second kappa shape index (κ2) is 4.33. The van der Waals surface area contributed by atoms with E-state index in [4.69, 9.17) is 5.53 Å². The van der Waals surface area contributed by atoms with Crippen LogP contribution >= 0.6 is 11.3 Å². The number of aromatic nitrogens is 1. The van der Waals surface area contributed by atoms with Crippen LogP contribution < -0.4 is 0 Å². The summed E-state index contributed by atoms with van der Waals surface area (Å²) in [6, 6.07) is 6.29. The van der Waals surface area contributed by atoms with E-state index < -0.39 is 0 Å². The summed E-state index contributed by atoms with van der Waals surface area (Å²) in [6.07, 6.45) is 6.46. The predicted molar refractivity (Wildman–Crippen MR) is 74.7 cm³/mol. The number of allylic oxidation sites excluding steroid dienone is 4. The smallest absolute Gasteiger partial charge is 0.295 e. The van der Waals surface area contributed by atoms with E-state index in [0.29, 0.717) is 12.1 Å². The van der Waals surface area contributed by atoms with Crippen molar-refractivity contribution in [2.24, 2.45) is 0 Å². The summed E-state index contributed by atoms with van der Waals surface area (Å²) in [5, 5.41) is 1.02. The van der Waals surface area contributed by atoms with E-state index in [0.717, 1.165) is 16.1 Å². The lowest BCUT2D eigenvalue weighted by atomic mass is 10.1. The quantitative estimate of drug-likeness (QED) is 0.565. The molecule has 18 heavy (non-hydrogen) atoms. The van der Waals surface area contributed by atoms with E-state index >= 15 is 0 Å². The van der Waals surface area contributed by atoms with Crippen LogP contribution in [-0.2, 0) is 0 Å². The van der Waals surface area contributed by atoms with Crippen LogP contribution in [0.2, 0.25) is 0 Å². The van der Waals surface area contributed by atoms with Gasteiger partial charge in [-0.3, -0.25) is 0 Å². The van der Waals surface area contributed by atoms with Gasteiger partial charge in [-0.2, -0.15) is 4.79 Å². The number of aryl methyl sites for hydroxylation is 1. The highest BCUT2D eigenvalue weighted by atomic mass is 32.1. The number of rotatable bonds is 1. The first-order chi connectivity index (χ1) is 8.76. The number of fused-ring (bicyclic) bond motifs is 1. The van der Waals surface area contributed by atoms with E-state index in [1.807, 2.05) is 18.2 Å². The van der Waals surface area contributed by atoms with Gasteiger partial charge in [-0.1, -0.05) is 12.1 Å². The lowest BCUT2D eigenvalue weighted by Gasteiger charge is -1.99. The normalized spacial score (nSPS) is 14.7. The maximum Gasteiger partial charge on any atom is 0.295 e. The Bertz CT molecular complexity index is 731. The van der Waals surface area contributed by atoms with E-state index in [-0.39, 0.29) is 0 Å². The van der Waals surface area contributed by atoms with Crippen molar-refractivity contribution in [3.8, 4) is 0 Å². The third-order valence-corrected chi connectivity index (χ3v) is 3.97. The fourth-order valence-electron chi connectivity index (χ4n) is 1.92. The van der Waals surface area contributed by atoms with E-state index in [1.54, 1.807) is 11.3 Å². The molecule has 0 N–H and O–H groups in total. The minimum absolute atomic E-state index is 0.650. The fourth-order valence-corrected chi connectivity index (χ4v) is 3.01. The summed E-state index contributed by atoms with van der Waals surface area (Å²) in [5.74, 6) is 0. The van der Waals surface area contributed by atoms with Crippen molar-refractivity contribution in [2.45, 2.75) is 13.3 Å². The topological polar surface area (TPSA) is 49.3 Å². The van der Waals surface area contributed by atoms with Crippen LogP contribution in [0.15, 0.2) is 36.4 Å². The van der Waals surface area contributed by atoms with Gasteiger partial charge in [0, 0.05) is 11.6 Å². The monoisotopic (exact) mass is 253 g/mol. The Hall–Kier alpha value is -2.03. The summed E-state index contributed by atoms with van der Waals surface area (Å²) in [4.78, 5) is 7.82. The standard InChI is InChI=1S/C14H11N3S/c1-9-2-7-12-13(8-9)18-14(16-12)10-3-5-11(17-15)6-4-10/h2-5,7-8H,6H2,1H3. The molecule has 1 aliphatic rings. The zero-order valence-corrected chi connectivity index (χ0v) is 10.7. The van der Waals surface area contributed by atoms with Crippen LogP contribution in [-0.4, -0.2) is 15.5 Å². The van der Waals surface area contributed by atoms with Gasteiger partial charge in [0.25, 0.3) is 5.71 Å². The maximum absolute atomic E-state index is 8.69. The van der Waals surface area contributed by atoms with Crippen LogP contribution in [0.25, 0.3) is 21.3 Å². The third-order valence-electron chi connectivity index (χ3n) is 2.91. The molecule has 4 heteroatoms. The Balaban J connectivity index is 2.03. The number of nitrogens with zero attached hydrogens (tertiary/aromatic N) is 3. The Morgan fingerprint density at radius 3 is 2.94 bits per heavy atom. The van der Waals surface area contributed by atoms with Gasteiger partial charge in [-0.05, 0) is 30.7 Å². The molecule has 1 aromatic heterocycles. The molecule has 0 bridgehead atoms. The van der Waals surface area contributed by atoms with E-state index in [9.17, 15) is 0 Å². The lowest BCUT2D eigenvalue weighted by molar-refractivity contribution is -0.00535. The highest BCUT2D eigenvalue weighted by Gasteiger charge is 2.12. The summed E-state index contributed by atoms with van der Waals surface area (Å²) in [7, 11) is 0. The van der Waals surface area contributed by atoms with E-state index in [1.165, 1.54) is 10.3 Å². The maximum atomic E-state index is 8.69. The van der Waals surface area contributed by atoms with Gasteiger partial charge in [0.1, 0.15) is 5.01 Å². The van der Waals surface area contributed by atoms with Gasteiger partial charge in [0.15, 0.2) is 0 Å². The molecule has 0 fully saturated rings. The second-order valence-corrected chi connectivity index (χ2v) is 5.31. The zero-order chi connectivity index (χ0) is 12.5. The number of benzene rings is 1. The average Bonchev–Trinajstić information content (AvgIpc) is 2.81. The second-order valence-electron chi connectivity index (χ2n) is 4.28. The van der Waals surface area contributed by atoms with Crippen LogP contribution in [0.1, 0.15) is 17.0 Å². The molecule has 0 atom stereocenters. The molecule has 0 saturated carbocycles. The van der Waals surface area contributed by atoms with Gasteiger partial charge < -0.3 is 5.53 Å². The molecular formula is C14H11N3S. The van der Waals surface area contributed by atoms with Crippen molar-refractivity contribution < 1.29 is 4.79 Å². The number of thiazole rings is 1. The molecule has 2 aromatic rings. The predicted octanol–water partition coefficient (Wildman–Crippen LogP) is 3.62. The first-order valence-electron chi connectivity index (χ1n) is 5.73. The summed E-state index contributed by atoms with van der Waals surface area (Å²) < 4.78 is 1.21. The van der Waals surface area contributed by atoms with Crippen LogP contribution in [0.4, 0.5) is 0 Å². The van der Waals surface area contributed by atoms with Crippen LogP contribution in [0, 0.1) is 6.92 Å². The lowest BCUT2D eigenvalue weighted by Crippen LogP contribution is -1.98. The third kappa shape index (κ3) is 1.92. The summed E-state index contributed by atoms with van der Waals surface area (Å²) in [5.41, 5.74) is 12.8. The zero-order valence-electron chi connectivity index (χ0n) is 9.92. The summed E-state index contributed by atoms with van der Waals surface area (Å²) >= 11 is 1.69. The molecule has 0 spiro atoms. The highest BCUT2D eigenvalue weighted by Crippen LogP contribution is 2.29. The van der Waals surface area contributed by atoms with Crippen LogP contribution in [0.3, 0.4) is 0 Å². The first kappa shape index (κ1) is 11.1. The van der Waals surface area contributed by atoms with Gasteiger partial charge in [0.05, 0.1) is 16.6 Å². The Morgan fingerprint density at radius 1 is 1.33 bits per heavy atom. The van der Waals surface area contributed by atoms with Gasteiger partial charge in [0.2, 0.25) is 0 Å². The SMILES string of the molecule is Cc1ccc2nc(C3=CCC(=[N+]=[N-])C=C3)sc2c1. The van der Waals surface area contributed by atoms with E-state index in [2.05, 4.69) is 34.9 Å². The van der Waals surface area contributed by atoms with Crippen molar-refractivity contribution >= 4 is 32.8 Å². The Kier molecular flexibility index (Phi) is 2.67. The van der Waals surface area contributed by atoms with Crippen molar-refractivity contribution in [3.63, 3.8) is 0 Å².